The summed E-state index contributed by atoms with van der Waals surface area (Å²) in [4.78, 5) is 2.46. The van der Waals surface area contributed by atoms with Crippen molar-refractivity contribution in [3.63, 3.8) is 0 Å². The summed E-state index contributed by atoms with van der Waals surface area (Å²) >= 11 is 0. The van der Waals surface area contributed by atoms with E-state index in [0.29, 0.717) is 25.0 Å². The van der Waals surface area contributed by atoms with E-state index in [1.165, 1.54) is 12.8 Å². The number of hydrogen-bond acceptors (Lipinski definition) is 4. The van der Waals surface area contributed by atoms with Crippen molar-refractivity contribution in [3.8, 4) is 11.5 Å². The number of aromatic hydroxyl groups is 1. The van der Waals surface area contributed by atoms with Crippen molar-refractivity contribution in [2.75, 3.05) is 13.1 Å². The fraction of sp³-hybridized carbons (Fsp3) is 0.700. The van der Waals surface area contributed by atoms with Crippen molar-refractivity contribution in [2.45, 2.75) is 67.9 Å². The molecule has 1 spiro atoms. The molecule has 0 amide bonds. The smallest absolute Gasteiger partial charge is 0.165 e. The Hall–Kier alpha value is -1.33. The first-order chi connectivity index (χ1) is 12.0. The summed E-state index contributed by atoms with van der Waals surface area (Å²) in [6.45, 7) is 1.93. The van der Waals surface area contributed by atoms with Gasteiger partial charge in [-0.2, -0.15) is 0 Å². The number of likely N-dealkylation sites (tertiary alicyclic amines) is 1. The van der Waals surface area contributed by atoms with Crippen molar-refractivity contribution in [1.29, 1.82) is 0 Å². The number of piperidine rings is 1. The first kappa shape index (κ1) is 14.8. The molecule has 6 rings (SSSR count). The van der Waals surface area contributed by atoms with E-state index in [9.17, 15) is 14.6 Å². The largest absolute Gasteiger partial charge is 0.504 e. The monoisotopic (exact) mass is 345 g/mol. The Bertz CT molecular complexity index is 766. The maximum atomic E-state index is 14.9. The number of rotatable bonds is 2. The van der Waals surface area contributed by atoms with Crippen LogP contribution in [-0.2, 0) is 11.8 Å². The van der Waals surface area contributed by atoms with Crippen LogP contribution >= 0.6 is 0 Å². The highest BCUT2D eigenvalue weighted by Gasteiger charge is 2.73. The zero-order chi connectivity index (χ0) is 17.0. The van der Waals surface area contributed by atoms with E-state index in [-0.39, 0.29) is 11.8 Å². The van der Waals surface area contributed by atoms with E-state index < -0.39 is 23.3 Å². The maximum Gasteiger partial charge on any atom is 0.165 e. The van der Waals surface area contributed by atoms with Crippen LogP contribution in [0, 0.1) is 5.92 Å². The number of alkyl halides is 1. The van der Waals surface area contributed by atoms with E-state index in [4.69, 9.17) is 4.74 Å². The summed E-state index contributed by atoms with van der Waals surface area (Å²) < 4.78 is 20.9. The average molecular weight is 345 g/mol. The normalized spacial score (nSPS) is 44.3. The number of phenolic OH excluding ortho intramolecular Hbond substituents is 1. The highest BCUT2D eigenvalue weighted by molar-refractivity contribution is 5.62. The van der Waals surface area contributed by atoms with Crippen molar-refractivity contribution in [1.82, 2.24) is 4.90 Å². The Balaban J connectivity index is 1.57. The fourth-order valence-electron chi connectivity index (χ4n) is 6.42. The van der Waals surface area contributed by atoms with Gasteiger partial charge in [0.1, 0.15) is 12.3 Å². The average Bonchev–Trinajstić information content (AvgIpc) is 3.32. The number of halogens is 1. The van der Waals surface area contributed by atoms with Crippen molar-refractivity contribution in [2.24, 2.45) is 5.92 Å². The molecule has 2 N–H and O–H groups in total. The molecule has 3 fully saturated rings. The van der Waals surface area contributed by atoms with Gasteiger partial charge in [0.2, 0.25) is 0 Å². The molecule has 1 saturated heterocycles. The molecule has 134 valence electrons. The number of phenols is 1. The van der Waals surface area contributed by atoms with Gasteiger partial charge in [-0.15, -0.1) is 0 Å². The molecule has 4 nitrogen and oxygen atoms in total. The van der Waals surface area contributed by atoms with Crippen LogP contribution in [0.1, 0.15) is 43.2 Å². The molecule has 5 heteroatoms. The third-order valence-corrected chi connectivity index (χ3v) is 7.69. The zero-order valence-electron chi connectivity index (χ0n) is 14.2. The van der Waals surface area contributed by atoms with E-state index in [1.807, 2.05) is 6.07 Å². The van der Waals surface area contributed by atoms with Crippen LogP contribution in [0.15, 0.2) is 12.1 Å². The fourth-order valence-corrected chi connectivity index (χ4v) is 6.42. The SMILES string of the molecule is Oc1ccc2c3c1OC1C(F)CC[C@@]4(O)[C@@H](C2)N(CC2CC2)CC[C@]314. The molecular weight excluding hydrogens is 321 g/mol. The first-order valence-electron chi connectivity index (χ1n) is 9.67. The van der Waals surface area contributed by atoms with Crippen LogP contribution in [0.2, 0.25) is 0 Å². The van der Waals surface area contributed by atoms with Crippen LogP contribution in [-0.4, -0.2) is 52.1 Å². The summed E-state index contributed by atoms with van der Waals surface area (Å²) in [6, 6.07) is 3.65. The molecular formula is C20H24FNO3. The zero-order valence-corrected chi connectivity index (χ0v) is 14.2. The lowest BCUT2D eigenvalue weighted by atomic mass is 9.49. The predicted octanol–water partition coefficient (Wildman–Crippen LogP) is 2.29. The molecule has 2 aliphatic heterocycles. The summed E-state index contributed by atoms with van der Waals surface area (Å²) in [6.07, 6.45) is 3.11. The number of aliphatic hydroxyl groups is 1. The van der Waals surface area contributed by atoms with Crippen molar-refractivity contribution >= 4 is 0 Å². The van der Waals surface area contributed by atoms with Gasteiger partial charge in [0.25, 0.3) is 0 Å². The third-order valence-electron chi connectivity index (χ3n) is 7.69. The second-order valence-electron chi connectivity index (χ2n) is 8.84. The minimum atomic E-state index is -1.09. The van der Waals surface area contributed by atoms with Crippen molar-refractivity contribution in [3.05, 3.63) is 23.3 Å². The lowest BCUT2D eigenvalue weighted by Crippen LogP contribution is -2.76. The van der Waals surface area contributed by atoms with Gasteiger partial charge in [-0.05, 0) is 62.6 Å². The van der Waals surface area contributed by atoms with Gasteiger partial charge >= 0.3 is 0 Å². The van der Waals surface area contributed by atoms with E-state index in [0.717, 1.165) is 36.6 Å². The highest BCUT2D eigenvalue weighted by Crippen LogP contribution is 2.65. The number of benzene rings is 1. The second kappa shape index (κ2) is 4.49. The summed E-state index contributed by atoms with van der Waals surface area (Å²) in [5.74, 6) is 1.28. The molecule has 2 bridgehead atoms. The number of ether oxygens (including phenoxy) is 1. The quantitative estimate of drug-likeness (QED) is 0.864. The van der Waals surface area contributed by atoms with Gasteiger partial charge in [0.15, 0.2) is 11.5 Å². The van der Waals surface area contributed by atoms with Gasteiger partial charge in [-0.3, -0.25) is 4.90 Å². The first-order valence-corrected chi connectivity index (χ1v) is 9.67. The number of nitrogens with zero attached hydrogens (tertiary/aromatic N) is 1. The molecule has 2 saturated carbocycles. The lowest BCUT2D eigenvalue weighted by Gasteiger charge is -2.63. The maximum absolute atomic E-state index is 14.9. The standard InChI is InChI=1S/C20H24FNO3/c21-13-5-6-20(24)15-9-12-3-4-14(23)17-16(12)19(20,18(13)25-17)7-8-22(15)10-11-1-2-11/h3-4,11,13,15,18,23-24H,1-2,5-10H2/t13?,15-,18?,19+,20-/m1/s1. The van der Waals surface area contributed by atoms with Gasteiger partial charge in [-0.25, -0.2) is 4.39 Å². The van der Waals surface area contributed by atoms with Gasteiger partial charge in [-0.1, -0.05) is 6.07 Å². The van der Waals surface area contributed by atoms with Gasteiger partial charge in [0, 0.05) is 18.2 Å². The van der Waals surface area contributed by atoms with Crippen molar-refractivity contribution < 1.29 is 19.3 Å². The molecule has 2 unspecified atom stereocenters. The van der Waals surface area contributed by atoms with Crippen LogP contribution in [0.25, 0.3) is 0 Å². The molecule has 25 heavy (non-hydrogen) atoms. The Kier molecular flexibility index (Phi) is 2.66. The van der Waals surface area contributed by atoms with Crippen LogP contribution in [0.4, 0.5) is 4.39 Å². The van der Waals surface area contributed by atoms with Gasteiger partial charge < -0.3 is 14.9 Å². The van der Waals surface area contributed by atoms with Crippen LogP contribution < -0.4 is 4.74 Å². The Morgan fingerprint density at radius 1 is 1.24 bits per heavy atom. The van der Waals surface area contributed by atoms with E-state index in [1.54, 1.807) is 6.07 Å². The van der Waals surface area contributed by atoms with Gasteiger partial charge in [0.05, 0.1) is 11.0 Å². The van der Waals surface area contributed by atoms with E-state index in [2.05, 4.69) is 4.90 Å². The predicted molar refractivity (Wildman–Crippen MR) is 89.7 cm³/mol. The molecule has 3 aliphatic carbocycles. The van der Waals surface area contributed by atoms with E-state index >= 15 is 0 Å². The molecule has 5 atom stereocenters. The Morgan fingerprint density at radius 3 is 2.88 bits per heavy atom. The van der Waals surface area contributed by atoms with Crippen LogP contribution in [0.5, 0.6) is 11.5 Å². The molecule has 2 heterocycles. The Labute approximate surface area is 146 Å². The summed E-state index contributed by atoms with van der Waals surface area (Å²) in [7, 11) is 0. The lowest BCUT2D eigenvalue weighted by molar-refractivity contribution is -0.199. The van der Waals surface area contributed by atoms with Crippen LogP contribution in [0.3, 0.4) is 0 Å². The molecule has 0 radical (unpaired) electrons. The molecule has 1 aromatic carbocycles. The minimum Gasteiger partial charge on any atom is -0.504 e. The Morgan fingerprint density at radius 2 is 2.08 bits per heavy atom. The summed E-state index contributed by atoms with van der Waals surface area (Å²) in [5, 5.41) is 22.3. The summed E-state index contributed by atoms with van der Waals surface area (Å²) in [5.41, 5.74) is 0.375. The molecule has 5 aliphatic rings. The highest BCUT2D eigenvalue weighted by atomic mass is 19.1. The number of hydrogen-bond donors (Lipinski definition) is 2. The molecule has 0 aromatic heterocycles. The topological polar surface area (TPSA) is 52.9 Å². The molecule has 1 aromatic rings. The minimum absolute atomic E-state index is 0.0310. The second-order valence-corrected chi connectivity index (χ2v) is 8.84. The third kappa shape index (κ3) is 1.61.